The molecule has 3 aromatic heterocycles. The molecule has 3 heterocycles. The summed E-state index contributed by atoms with van der Waals surface area (Å²) in [6.45, 7) is 0.284. The monoisotopic (exact) mass is 457 g/mol. The van der Waals surface area contributed by atoms with Crippen molar-refractivity contribution in [3.8, 4) is 22.2 Å². The number of nitrogens with one attached hydrogen (secondary N) is 2. The van der Waals surface area contributed by atoms with Gasteiger partial charge < -0.3 is 20.1 Å². The summed E-state index contributed by atoms with van der Waals surface area (Å²) in [5.41, 5.74) is 1.29. The van der Waals surface area contributed by atoms with E-state index in [0.717, 1.165) is 15.5 Å². The molecule has 0 saturated carbocycles. The Hall–Kier alpha value is -3.44. The number of fused-ring (bicyclic) bond motifs is 1. The summed E-state index contributed by atoms with van der Waals surface area (Å²) in [6, 6.07) is 8.83. The Morgan fingerprint density at radius 2 is 2.00 bits per heavy atom. The van der Waals surface area contributed by atoms with Crippen LogP contribution in [-0.4, -0.2) is 47.2 Å². The van der Waals surface area contributed by atoms with Gasteiger partial charge in [-0.15, -0.1) is 27.8 Å². The second-order valence-corrected chi connectivity index (χ2v) is 8.14. The summed E-state index contributed by atoms with van der Waals surface area (Å²) in [5, 5.41) is 13.7. The zero-order valence-electron chi connectivity index (χ0n) is 16.7. The van der Waals surface area contributed by atoms with Crippen LogP contribution in [0.1, 0.15) is 5.69 Å². The number of anilines is 1. The Bertz CT molecular complexity index is 1220. The number of methoxy groups -OCH3 is 2. The Kier molecular flexibility index (Phi) is 6.14. The Morgan fingerprint density at radius 3 is 2.74 bits per heavy atom. The van der Waals surface area contributed by atoms with E-state index in [-0.39, 0.29) is 6.54 Å². The third kappa shape index (κ3) is 4.52. The fourth-order valence-electron chi connectivity index (χ4n) is 2.87. The lowest BCUT2D eigenvalue weighted by Crippen LogP contribution is -2.36. The van der Waals surface area contributed by atoms with Crippen LogP contribution >= 0.6 is 22.7 Å². The first-order chi connectivity index (χ1) is 15.1. The van der Waals surface area contributed by atoms with Crippen LogP contribution in [0.4, 0.5) is 5.69 Å². The summed E-state index contributed by atoms with van der Waals surface area (Å²) >= 11 is 3.06. The predicted octanol–water partition coefficient (Wildman–Crippen LogP) is 2.83. The number of hydrogen-bond acceptors (Lipinski definition) is 8. The summed E-state index contributed by atoms with van der Waals surface area (Å²) < 4.78 is 12.1. The van der Waals surface area contributed by atoms with Crippen LogP contribution in [-0.2, 0) is 16.0 Å². The van der Waals surface area contributed by atoms with Crippen LogP contribution in [0.25, 0.3) is 15.7 Å². The van der Waals surface area contributed by atoms with E-state index in [1.165, 1.54) is 25.6 Å². The zero-order chi connectivity index (χ0) is 21.8. The van der Waals surface area contributed by atoms with Crippen LogP contribution in [0.5, 0.6) is 11.5 Å². The van der Waals surface area contributed by atoms with Gasteiger partial charge in [-0.05, 0) is 23.6 Å². The number of aromatic nitrogens is 3. The number of rotatable bonds is 7. The van der Waals surface area contributed by atoms with Crippen molar-refractivity contribution in [1.29, 1.82) is 0 Å². The van der Waals surface area contributed by atoms with E-state index in [9.17, 15) is 9.59 Å². The molecule has 11 heteroatoms. The number of benzene rings is 1. The first-order valence-corrected chi connectivity index (χ1v) is 11.0. The SMILES string of the molecule is COc1ccc(NC(=O)C(=O)NCCc2csc3nc(-c4cccs4)nn23)c(OC)c1. The van der Waals surface area contributed by atoms with Crippen molar-refractivity contribution in [1.82, 2.24) is 19.9 Å². The molecule has 0 unspecified atom stereocenters. The Balaban J connectivity index is 1.34. The highest BCUT2D eigenvalue weighted by Gasteiger charge is 2.17. The summed E-state index contributed by atoms with van der Waals surface area (Å²) in [6.07, 6.45) is 0.512. The van der Waals surface area contributed by atoms with Crippen LogP contribution in [0.2, 0.25) is 0 Å². The molecule has 0 saturated heterocycles. The molecule has 2 N–H and O–H groups in total. The molecule has 4 aromatic rings. The zero-order valence-corrected chi connectivity index (χ0v) is 18.4. The fourth-order valence-corrected chi connectivity index (χ4v) is 4.38. The molecule has 2 amide bonds. The summed E-state index contributed by atoms with van der Waals surface area (Å²) in [4.78, 5) is 30.8. The molecule has 160 valence electrons. The molecule has 0 radical (unpaired) electrons. The number of thiazole rings is 1. The van der Waals surface area contributed by atoms with E-state index in [1.54, 1.807) is 34.1 Å². The molecular formula is C20H19N5O4S2. The molecule has 0 fully saturated rings. The quantitative estimate of drug-likeness (QED) is 0.413. The number of hydrogen-bond donors (Lipinski definition) is 2. The maximum Gasteiger partial charge on any atom is 0.313 e. The van der Waals surface area contributed by atoms with Gasteiger partial charge in [0.2, 0.25) is 4.96 Å². The molecule has 0 aliphatic carbocycles. The largest absolute Gasteiger partial charge is 0.497 e. The number of carbonyl (C=O) groups is 2. The van der Waals surface area contributed by atoms with Gasteiger partial charge in [0.05, 0.1) is 30.5 Å². The van der Waals surface area contributed by atoms with Crippen LogP contribution in [0.3, 0.4) is 0 Å². The average molecular weight is 458 g/mol. The number of amides is 2. The fraction of sp³-hybridized carbons (Fsp3) is 0.200. The van der Waals surface area contributed by atoms with E-state index in [1.807, 2.05) is 22.9 Å². The first-order valence-electron chi connectivity index (χ1n) is 9.27. The van der Waals surface area contributed by atoms with Crippen molar-refractivity contribution >= 4 is 45.1 Å². The highest BCUT2D eigenvalue weighted by molar-refractivity contribution is 7.15. The van der Waals surface area contributed by atoms with Gasteiger partial charge in [0.25, 0.3) is 0 Å². The Labute approximate surface area is 185 Å². The molecule has 0 bridgehead atoms. The minimum atomic E-state index is -0.778. The molecule has 1 aromatic carbocycles. The topological polar surface area (TPSA) is 107 Å². The van der Waals surface area contributed by atoms with Gasteiger partial charge in [-0.25, -0.2) is 4.52 Å². The van der Waals surface area contributed by atoms with Gasteiger partial charge in [-0.3, -0.25) is 9.59 Å². The minimum absolute atomic E-state index is 0.284. The molecule has 4 rings (SSSR count). The van der Waals surface area contributed by atoms with Crippen molar-refractivity contribution in [2.24, 2.45) is 0 Å². The molecule has 0 atom stereocenters. The maximum absolute atomic E-state index is 12.2. The lowest BCUT2D eigenvalue weighted by molar-refractivity contribution is -0.136. The predicted molar refractivity (Wildman–Crippen MR) is 119 cm³/mol. The van der Waals surface area contributed by atoms with Gasteiger partial charge in [-0.2, -0.15) is 4.98 Å². The minimum Gasteiger partial charge on any atom is -0.497 e. The molecule has 0 aliphatic rings. The smallest absolute Gasteiger partial charge is 0.313 e. The van der Waals surface area contributed by atoms with E-state index in [0.29, 0.717) is 29.4 Å². The van der Waals surface area contributed by atoms with E-state index in [4.69, 9.17) is 9.47 Å². The van der Waals surface area contributed by atoms with Crippen molar-refractivity contribution < 1.29 is 19.1 Å². The molecular weight excluding hydrogens is 438 g/mol. The van der Waals surface area contributed by atoms with Gasteiger partial charge >= 0.3 is 11.8 Å². The van der Waals surface area contributed by atoms with Gasteiger partial charge in [0.1, 0.15) is 11.5 Å². The lowest BCUT2D eigenvalue weighted by atomic mass is 10.2. The first kappa shape index (κ1) is 20.8. The second kappa shape index (κ2) is 9.14. The van der Waals surface area contributed by atoms with Gasteiger partial charge in [-0.1, -0.05) is 6.07 Å². The van der Waals surface area contributed by atoms with E-state index >= 15 is 0 Å². The Morgan fingerprint density at radius 1 is 1.13 bits per heavy atom. The van der Waals surface area contributed by atoms with Crippen molar-refractivity contribution in [2.45, 2.75) is 6.42 Å². The normalized spacial score (nSPS) is 10.8. The standard InChI is InChI=1S/C20H19N5O4S2/c1-28-13-5-6-14(15(10-13)29-2)22-19(27)18(26)21-8-7-12-11-31-20-23-17(24-25(12)20)16-4-3-9-30-16/h3-6,9-11H,7-8H2,1-2H3,(H,21,26)(H,22,27). The molecule has 0 aliphatic heterocycles. The van der Waals surface area contributed by atoms with Crippen LogP contribution < -0.4 is 20.1 Å². The maximum atomic E-state index is 12.2. The third-order valence-corrected chi connectivity index (χ3v) is 6.15. The second-order valence-electron chi connectivity index (χ2n) is 6.36. The van der Waals surface area contributed by atoms with Crippen LogP contribution in [0.15, 0.2) is 41.1 Å². The number of carbonyl (C=O) groups excluding carboxylic acids is 2. The highest BCUT2D eigenvalue weighted by Crippen LogP contribution is 2.29. The number of nitrogens with zero attached hydrogens (tertiary/aromatic N) is 3. The lowest BCUT2D eigenvalue weighted by Gasteiger charge is -2.11. The van der Waals surface area contributed by atoms with Crippen molar-refractivity contribution in [3.05, 3.63) is 46.8 Å². The number of ether oxygens (including phenoxy) is 2. The summed E-state index contributed by atoms with van der Waals surface area (Å²) in [7, 11) is 3.00. The van der Waals surface area contributed by atoms with E-state index < -0.39 is 11.8 Å². The van der Waals surface area contributed by atoms with Crippen molar-refractivity contribution in [2.75, 3.05) is 26.1 Å². The molecule has 31 heavy (non-hydrogen) atoms. The highest BCUT2D eigenvalue weighted by atomic mass is 32.1. The summed E-state index contributed by atoms with van der Waals surface area (Å²) in [5.74, 6) is 0.146. The third-order valence-electron chi connectivity index (χ3n) is 4.42. The van der Waals surface area contributed by atoms with Gasteiger partial charge in [0.15, 0.2) is 5.82 Å². The number of thiophene rings is 1. The average Bonchev–Trinajstić information content (AvgIpc) is 3.52. The van der Waals surface area contributed by atoms with Crippen LogP contribution in [0, 0.1) is 0 Å². The van der Waals surface area contributed by atoms with Gasteiger partial charge in [0, 0.05) is 24.4 Å². The van der Waals surface area contributed by atoms with E-state index in [2.05, 4.69) is 20.7 Å². The molecule has 9 nitrogen and oxygen atoms in total. The molecule has 0 spiro atoms. The van der Waals surface area contributed by atoms with Crippen molar-refractivity contribution in [3.63, 3.8) is 0 Å².